The minimum atomic E-state index is 0.0989. The molecule has 0 radical (unpaired) electrons. The standard InChI is InChI=1S/C20H23N5O/c1-15(16-8-4-3-5-9-16)23-20-24-19(14-22-25-20)21-13-12-17-10-6-7-11-18(17)26-2/h3-11,14-15H,12-13H2,1-2H3,(H2,21,23,24,25). The van der Waals surface area contributed by atoms with Crippen molar-refractivity contribution in [2.75, 3.05) is 24.3 Å². The van der Waals surface area contributed by atoms with Crippen LogP contribution in [0.5, 0.6) is 5.75 Å². The van der Waals surface area contributed by atoms with Gasteiger partial charge in [0.05, 0.1) is 19.3 Å². The Bertz CT molecular complexity index is 825. The van der Waals surface area contributed by atoms with Crippen molar-refractivity contribution in [3.63, 3.8) is 0 Å². The number of aromatic nitrogens is 3. The van der Waals surface area contributed by atoms with E-state index in [2.05, 4.69) is 50.9 Å². The first-order valence-electron chi connectivity index (χ1n) is 8.63. The predicted octanol–water partition coefficient (Wildman–Crippen LogP) is 3.71. The molecule has 26 heavy (non-hydrogen) atoms. The van der Waals surface area contributed by atoms with Crippen LogP contribution in [0.25, 0.3) is 0 Å². The van der Waals surface area contributed by atoms with Crippen molar-refractivity contribution in [3.05, 3.63) is 71.9 Å². The fraction of sp³-hybridized carbons (Fsp3) is 0.250. The third kappa shape index (κ3) is 4.69. The van der Waals surface area contributed by atoms with Gasteiger partial charge in [0.25, 0.3) is 0 Å². The van der Waals surface area contributed by atoms with Gasteiger partial charge in [0.15, 0.2) is 5.82 Å². The Labute approximate surface area is 153 Å². The minimum absolute atomic E-state index is 0.0989. The van der Waals surface area contributed by atoms with Gasteiger partial charge in [0.2, 0.25) is 5.95 Å². The first kappa shape index (κ1) is 17.7. The zero-order valence-electron chi connectivity index (χ0n) is 15.0. The summed E-state index contributed by atoms with van der Waals surface area (Å²) in [5, 5.41) is 14.7. The predicted molar refractivity (Wildman–Crippen MR) is 103 cm³/mol. The second-order valence-electron chi connectivity index (χ2n) is 5.93. The second-order valence-corrected chi connectivity index (χ2v) is 5.93. The molecule has 2 aromatic carbocycles. The Balaban J connectivity index is 1.57. The summed E-state index contributed by atoms with van der Waals surface area (Å²) in [5.74, 6) is 2.09. The van der Waals surface area contributed by atoms with Crippen molar-refractivity contribution < 1.29 is 4.74 Å². The molecule has 0 aliphatic heterocycles. The highest BCUT2D eigenvalue weighted by Crippen LogP contribution is 2.18. The maximum atomic E-state index is 5.38. The zero-order valence-corrected chi connectivity index (χ0v) is 15.0. The highest BCUT2D eigenvalue weighted by atomic mass is 16.5. The van der Waals surface area contributed by atoms with Crippen LogP contribution in [0.1, 0.15) is 24.1 Å². The van der Waals surface area contributed by atoms with E-state index in [1.54, 1.807) is 13.3 Å². The molecule has 3 rings (SSSR count). The van der Waals surface area contributed by atoms with Gasteiger partial charge >= 0.3 is 0 Å². The fourth-order valence-electron chi connectivity index (χ4n) is 2.70. The highest BCUT2D eigenvalue weighted by Gasteiger charge is 2.08. The summed E-state index contributed by atoms with van der Waals surface area (Å²) in [4.78, 5) is 4.48. The Morgan fingerprint density at radius 3 is 2.62 bits per heavy atom. The number of nitrogens with one attached hydrogen (secondary N) is 2. The lowest BCUT2D eigenvalue weighted by Crippen LogP contribution is -2.12. The molecule has 2 N–H and O–H groups in total. The van der Waals surface area contributed by atoms with Gasteiger partial charge < -0.3 is 15.4 Å². The molecule has 1 aromatic heterocycles. The lowest BCUT2D eigenvalue weighted by molar-refractivity contribution is 0.410. The van der Waals surface area contributed by atoms with Crippen LogP contribution in [0.4, 0.5) is 11.8 Å². The summed E-state index contributed by atoms with van der Waals surface area (Å²) in [7, 11) is 1.69. The molecule has 0 spiro atoms. The molecule has 1 unspecified atom stereocenters. The number of methoxy groups -OCH3 is 1. The summed E-state index contributed by atoms with van der Waals surface area (Å²) >= 11 is 0. The van der Waals surface area contributed by atoms with E-state index in [-0.39, 0.29) is 6.04 Å². The summed E-state index contributed by atoms with van der Waals surface area (Å²) < 4.78 is 5.38. The van der Waals surface area contributed by atoms with Gasteiger partial charge in [0.1, 0.15) is 5.75 Å². The van der Waals surface area contributed by atoms with Crippen LogP contribution in [0.3, 0.4) is 0 Å². The average Bonchev–Trinajstić information content (AvgIpc) is 2.69. The van der Waals surface area contributed by atoms with Gasteiger partial charge in [-0.2, -0.15) is 10.1 Å². The average molecular weight is 349 g/mol. The van der Waals surface area contributed by atoms with Gasteiger partial charge in [-0.1, -0.05) is 48.5 Å². The molecule has 0 fully saturated rings. The van der Waals surface area contributed by atoms with Gasteiger partial charge in [-0.05, 0) is 30.5 Å². The Kier molecular flexibility index (Phi) is 5.98. The van der Waals surface area contributed by atoms with Crippen LogP contribution in [0, 0.1) is 0 Å². The molecule has 1 heterocycles. The molecule has 6 nitrogen and oxygen atoms in total. The van der Waals surface area contributed by atoms with Crippen molar-refractivity contribution >= 4 is 11.8 Å². The van der Waals surface area contributed by atoms with E-state index in [4.69, 9.17) is 4.74 Å². The quantitative estimate of drug-likeness (QED) is 0.646. The van der Waals surface area contributed by atoms with Crippen LogP contribution in [-0.2, 0) is 6.42 Å². The van der Waals surface area contributed by atoms with Crippen molar-refractivity contribution in [1.82, 2.24) is 15.2 Å². The molecule has 0 aliphatic carbocycles. The van der Waals surface area contributed by atoms with Crippen molar-refractivity contribution in [2.24, 2.45) is 0 Å². The highest BCUT2D eigenvalue weighted by molar-refractivity contribution is 5.40. The molecule has 0 bridgehead atoms. The maximum Gasteiger partial charge on any atom is 0.245 e. The largest absolute Gasteiger partial charge is 0.496 e. The third-order valence-electron chi connectivity index (χ3n) is 4.10. The smallest absolute Gasteiger partial charge is 0.245 e. The number of para-hydroxylation sites is 1. The number of rotatable bonds is 8. The number of anilines is 2. The Morgan fingerprint density at radius 1 is 1.04 bits per heavy atom. The van der Waals surface area contributed by atoms with E-state index < -0.39 is 0 Å². The molecule has 0 saturated heterocycles. The summed E-state index contributed by atoms with van der Waals surface area (Å²) in [6.07, 6.45) is 2.46. The van der Waals surface area contributed by atoms with E-state index >= 15 is 0 Å². The maximum absolute atomic E-state index is 5.38. The van der Waals surface area contributed by atoms with Crippen LogP contribution < -0.4 is 15.4 Å². The van der Waals surface area contributed by atoms with Gasteiger partial charge in [-0.25, -0.2) is 0 Å². The zero-order chi connectivity index (χ0) is 18.2. The molecule has 0 aliphatic rings. The first-order valence-corrected chi connectivity index (χ1v) is 8.63. The van der Waals surface area contributed by atoms with Crippen molar-refractivity contribution in [2.45, 2.75) is 19.4 Å². The SMILES string of the molecule is COc1ccccc1CCNc1cnnc(NC(C)c2ccccc2)n1. The van der Waals surface area contributed by atoms with Crippen LogP contribution >= 0.6 is 0 Å². The second kappa shape index (κ2) is 8.80. The van der Waals surface area contributed by atoms with E-state index in [0.29, 0.717) is 11.8 Å². The topological polar surface area (TPSA) is 72.0 Å². The van der Waals surface area contributed by atoms with Gasteiger partial charge in [-0.3, -0.25) is 0 Å². The van der Waals surface area contributed by atoms with Crippen LogP contribution in [0.15, 0.2) is 60.8 Å². The third-order valence-corrected chi connectivity index (χ3v) is 4.10. The van der Waals surface area contributed by atoms with E-state index in [1.165, 1.54) is 5.56 Å². The van der Waals surface area contributed by atoms with E-state index in [9.17, 15) is 0 Å². The van der Waals surface area contributed by atoms with Crippen molar-refractivity contribution in [3.8, 4) is 5.75 Å². The summed E-state index contributed by atoms with van der Waals surface area (Å²) in [6.45, 7) is 2.80. The molecule has 3 aromatic rings. The molecular weight excluding hydrogens is 326 g/mol. The molecule has 6 heteroatoms. The molecule has 134 valence electrons. The minimum Gasteiger partial charge on any atom is -0.496 e. The summed E-state index contributed by atoms with van der Waals surface area (Å²) in [6, 6.07) is 18.3. The lowest BCUT2D eigenvalue weighted by Gasteiger charge is -2.14. The first-order chi connectivity index (χ1) is 12.8. The van der Waals surface area contributed by atoms with Crippen LogP contribution in [0.2, 0.25) is 0 Å². The summed E-state index contributed by atoms with van der Waals surface area (Å²) in [5.41, 5.74) is 2.33. The Hall–Kier alpha value is -3.15. The fourth-order valence-corrected chi connectivity index (χ4v) is 2.70. The number of hydrogen-bond donors (Lipinski definition) is 2. The molecule has 1 atom stereocenters. The molecular formula is C20H23N5O. The monoisotopic (exact) mass is 349 g/mol. The van der Waals surface area contributed by atoms with Crippen LogP contribution in [-0.4, -0.2) is 28.8 Å². The molecule has 0 amide bonds. The van der Waals surface area contributed by atoms with Crippen molar-refractivity contribution in [1.29, 1.82) is 0 Å². The number of hydrogen-bond acceptors (Lipinski definition) is 6. The number of ether oxygens (including phenoxy) is 1. The van der Waals surface area contributed by atoms with E-state index in [0.717, 1.165) is 24.3 Å². The number of nitrogens with zero attached hydrogens (tertiary/aromatic N) is 3. The van der Waals surface area contributed by atoms with Gasteiger partial charge in [0, 0.05) is 6.54 Å². The Morgan fingerprint density at radius 2 is 1.81 bits per heavy atom. The lowest BCUT2D eigenvalue weighted by atomic mass is 10.1. The number of benzene rings is 2. The normalized spacial score (nSPS) is 11.6. The van der Waals surface area contributed by atoms with Gasteiger partial charge in [-0.15, -0.1) is 5.10 Å². The molecule has 0 saturated carbocycles. The van der Waals surface area contributed by atoms with E-state index in [1.807, 2.05) is 36.4 Å².